The first kappa shape index (κ1) is 25.2. The molecule has 1 atom stereocenters. The summed E-state index contributed by atoms with van der Waals surface area (Å²) in [5.41, 5.74) is 4.64. The van der Waals surface area contributed by atoms with Gasteiger partial charge < -0.3 is 25.2 Å². The molecule has 0 bridgehead atoms. The van der Waals surface area contributed by atoms with Crippen LogP contribution in [0.1, 0.15) is 49.7 Å². The van der Waals surface area contributed by atoms with Gasteiger partial charge in [-0.15, -0.1) is 0 Å². The summed E-state index contributed by atoms with van der Waals surface area (Å²) in [7, 11) is 0. The monoisotopic (exact) mass is 468 g/mol. The van der Waals surface area contributed by atoms with Crippen LogP contribution in [0.25, 0.3) is 11.1 Å². The van der Waals surface area contributed by atoms with Crippen molar-refractivity contribution in [1.29, 1.82) is 0 Å². The van der Waals surface area contributed by atoms with Gasteiger partial charge in [0.2, 0.25) is 5.91 Å². The summed E-state index contributed by atoms with van der Waals surface area (Å²) < 4.78 is 10.8. The van der Waals surface area contributed by atoms with Gasteiger partial charge in [-0.05, 0) is 28.7 Å². The number of nitrogens with one attached hydrogen (secondary N) is 2. The molecule has 1 aliphatic carbocycles. The first-order valence-corrected chi connectivity index (χ1v) is 11.7. The van der Waals surface area contributed by atoms with Crippen molar-refractivity contribution in [2.45, 2.75) is 44.6 Å². The third-order valence-corrected chi connectivity index (χ3v) is 5.81. The number of hydrogen-bond acceptors (Lipinski definition) is 5. The number of carbonyl (C=O) groups excluding carboxylic acids is 2. The van der Waals surface area contributed by atoms with Crippen LogP contribution in [-0.4, -0.2) is 55.5 Å². The molecule has 0 aromatic heterocycles. The highest BCUT2D eigenvalue weighted by atomic mass is 16.5. The van der Waals surface area contributed by atoms with Crippen molar-refractivity contribution in [3.8, 4) is 11.1 Å². The minimum atomic E-state index is -1.03. The van der Waals surface area contributed by atoms with Crippen LogP contribution in [0, 0.1) is 0 Å². The Morgan fingerprint density at radius 1 is 1.00 bits per heavy atom. The summed E-state index contributed by atoms with van der Waals surface area (Å²) >= 11 is 0. The molecule has 0 unspecified atom stereocenters. The fourth-order valence-electron chi connectivity index (χ4n) is 4.07. The zero-order chi connectivity index (χ0) is 24.3. The van der Waals surface area contributed by atoms with Crippen LogP contribution in [-0.2, 0) is 19.1 Å². The molecule has 8 nitrogen and oxygen atoms in total. The van der Waals surface area contributed by atoms with Crippen LogP contribution in [0.15, 0.2) is 48.5 Å². The number of carboxylic acids is 1. The van der Waals surface area contributed by atoms with E-state index in [9.17, 15) is 14.4 Å². The standard InChI is InChI=1S/C26H32N2O6/c1-2-3-12-23(25(30)31)28-24(29)13-15-33-16-14-27-26(32)34-17-22-20-10-6-4-8-18(20)19-9-5-7-11-21(19)22/h4-11,22-23H,2-3,12-17H2,1H3,(H,27,32)(H,28,29)(H,30,31)/t23-/m0/s1. The van der Waals surface area contributed by atoms with Gasteiger partial charge in [0.1, 0.15) is 12.6 Å². The van der Waals surface area contributed by atoms with Gasteiger partial charge in [0.05, 0.1) is 13.2 Å². The van der Waals surface area contributed by atoms with Gasteiger partial charge >= 0.3 is 12.1 Å². The maximum Gasteiger partial charge on any atom is 0.407 e. The van der Waals surface area contributed by atoms with E-state index < -0.39 is 18.1 Å². The third kappa shape index (κ3) is 6.81. The number of carbonyl (C=O) groups is 3. The molecule has 0 aliphatic heterocycles. The number of rotatable bonds is 13. The third-order valence-electron chi connectivity index (χ3n) is 5.81. The lowest BCUT2D eigenvalue weighted by Crippen LogP contribution is -2.41. The largest absolute Gasteiger partial charge is 0.480 e. The van der Waals surface area contributed by atoms with Crippen LogP contribution in [0.3, 0.4) is 0 Å². The second kappa shape index (κ2) is 12.7. The Morgan fingerprint density at radius 3 is 2.26 bits per heavy atom. The molecule has 2 amide bonds. The SMILES string of the molecule is CCCC[C@H](NC(=O)CCOCCNC(=O)OCC1c2ccccc2-c2ccccc21)C(=O)O. The van der Waals surface area contributed by atoms with Crippen LogP contribution >= 0.6 is 0 Å². The average Bonchev–Trinajstić information content (AvgIpc) is 3.16. The number of aliphatic carboxylic acids is 1. The molecule has 0 fully saturated rings. The Hall–Kier alpha value is -3.39. The summed E-state index contributed by atoms with van der Waals surface area (Å²) in [6.45, 7) is 2.80. The molecule has 8 heteroatoms. The maximum absolute atomic E-state index is 12.1. The van der Waals surface area contributed by atoms with Crippen molar-refractivity contribution in [1.82, 2.24) is 10.6 Å². The minimum absolute atomic E-state index is 0.000123. The molecule has 0 spiro atoms. The van der Waals surface area contributed by atoms with E-state index in [1.807, 2.05) is 31.2 Å². The molecule has 2 aromatic carbocycles. The van der Waals surface area contributed by atoms with Crippen molar-refractivity contribution in [3.63, 3.8) is 0 Å². The van der Waals surface area contributed by atoms with E-state index in [-0.39, 0.29) is 44.6 Å². The Kier molecular flexibility index (Phi) is 9.46. The smallest absolute Gasteiger partial charge is 0.407 e. The number of benzene rings is 2. The first-order valence-electron chi connectivity index (χ1n) is 11.7. The first-order chi connectivity index (χ1) is 16.5. The zero-order valence-electron chi connectivity index (χ0n) is 19.4. The van der Waals surface area contributed by atoms with E-state index in [1.54, 1.807) is 0 Å². The van der Waals surface area contributed by atoms with E-state index in [1.165, 1.54) is 11.1 Å². The number of hydrogen-bond donors (Lipinski definition) is 3. The fraction of sp³-hybridized carbons (Fsp3) is 0.423. The van der Waals surface area contributed by atoms with Crippen LogP contribution in [0.2, 0.25) is 0 Å². The van der Waals surface area contributed by atoms with E-state index in [0.717, 1.165) is 24.0 Å². The van der Waals surface area contributed by atoms with Gasteiger partial charge in [0, 0.05) is 18.9 Å². The molecular weight excluding hydrogens is 436 g/mol. The van der Waals surface area contributed by atoms with Crippen molar-refractivity contribution in [3.05, 3.63) is 59.7 Å². The lowest BCUT2D eigenvalue weighted by Gasteiger charge is -2.15. The summed E-state index contributed by atoms with van der Waals surface area (Å²) in [6.07, 6.45) is 1.53. The normalized spacial score (nSPS) is 13.0. The van der Waals surface area contributed by atoms with Crippen molar-refractivity contribution in [2.24, 2.45) is 0 Å². The van der Waals surface area contributed by atoms with Crippen LogP contribution in [0.4, 0.5) is 4.79 Å². The van der Waals surface area contributed by atoms with Gasteiger partial charge in [-0.25, -0.2) is 9.59 Å². The van der Waals surface area contributed by atoms with Crippen LogP contribution in [0.5, 0.6) is 0 Å². The van der Waals surface area contributed by atoms with E-state index in [4.69, 9.17) is 14.6 Å². The fourth-order valence-corrected chi connectivity index (χ4v) is 4.07. The Bertz CT molecular complexity index is 947. The number of fused-ring (bicyclic) bond motifs is 3. The van der Waals surface area contributed by atoms with Gasteiger partial charge in [-0.1, -0.05) is 68.3 Å². The number of amides is 2. The Labute approximate surface area is 199 Å². The molecule has 1 aliphatic rings. The van der Waals surface area contributed by atoms with E-state index >= 15 is 0 Å². The molecule has 182 valence electrons. The Morgan fingerprint density at radius 2 is 1.65 bits per heavy atom. The minimum Gasteiger partial charge on any atom is -0.480 e. The molecule has 3 rings (SSSR count). The second-order valence-corrected chi connectivity index (χ2v) is 8.22. The quantitative estimate of drug-likeness (QED) is 0.386. The van der Waals surface area contributed by atoms with Gasteiger partial charge in [-0.3, -0.25) is 4.79 Å². The summed E-state index contributed by atoms with van der Waals surface area (Å²) in [5, 5.41) is 14.3. The van der Waals surface area contributed by atoms with Crippen molar-refractivity contribution < 1.29 is 29.0 Å². The summed E-state index contributed by atoms with van der Waals surface area (Å²) in [5.74, 6) is -1.40. The maximum atomic E-state index is 12.1. The molecule has 3 N–H and O–H groups in total. The summed E-state index contributed by atoms with van der Waals surface area (Å²) in [6, 6.07) is 15.4. The average molecular weight is 469 g/mol. The molecule has 0 heterocycles. The van der Waals surface area contributed by atoms with E-state index in [2.05, 4.69) is 34.9 Å². The lowest BCUT2D eigenvalue weighted by molar-refractivity contribution is -0.142. The highest BCUT2D eigenvalue weighted by molar-refractivity contribution is 5.83. The molecule has 0 radical (unpaired) electrons. The summed E-state index contributed by atoms with van der Waals surface area (Å²) in [4.78, 5) is 35.2. The lowest BCUT2D eigenvalue weighted by atomic mass is 9.98. The van der Waals surface area contributed by atoms with Gasteiger partial charge in [0.15, 0.2) is 0 Å². The topological polar surface area (TPSA) is 114 Å². The molecule has 0 saturated heterocycles. The zero-order valence-corrected chi connectivity index (χ0v) is 19.4. The number of ether oxygens (including phenoxy) is 2. The highest BCUT2D eigenvalue weighted by Gasteiger charge is 2.28. The van der Waals surface area contributed by atoms with Gasteiger partial charge in [-0.2, -0.15) is 0 Å². The number of unbranched alkanes of at least 4 members (excludes halogenated alkanes) is 1. The van der Waals surface area contributed by atoms with Crippen molar-refractivity contribution >= 4 is 18.0 Å². The predicted octanol–water partition coefficient (Wildman–Crippen LogP) is 3.69. The van der Waals surface area contributed by atoms with E-state index in [0.29, 0.717) is 6.42 Å². The molecule has 34 heavy (non-hydrogen) atoms. The van der Waals surface area contributed by atoms with Crippen LogP contribution < -0.4 is 10.6 Å². The second-order valence-electron chi connectivity index (χ2n) is 8.22. The molecular formula is C26H32N2O6. The predicted molar refractivity (Wildman–Crippen MR) is 128 cm³/mol. The van der Waals surface area contributed by atoms with Gasteiger partial charge in [0.25, 0.3) is 0 Å². The Balaban J connectivity index is 1.32. The molecule has 2 aromatic rings. The number of carboxylic acid groups (broad SMARTS) is 1. The van der Waals surface area contributed by atoms with Crippen molar-refractivity contribution in [2.75, 3.05) is 26.4 Å². The highest BCUT2D eigenvalue weighted by Crippen LogP contribution is 2.44. The number of alkyl carbamates (subject to hydrolysis) is 1. The molecule has 0 saturated carbocycles.